The lowest BCUT2D eigenvalue weighted by Crippen LogP contribution is -2.18. The molecule has 38 heavy (non-hydrogen) atoms. The zero-order valence-corrected chi connectivity index (χ0v) is 21.4. The van der Waals surface area contributed by atoms with E-state index in [-0.39, 0.29) is 22.0 Å². The van der Waals surface area contributed by atoms with Crippen LogP contribution in [0, 0.1) is 23.4 Å². The quantitative estimate of drug-likeness (QED) is 0.224. The van der Waals surface area contributed by atoms with E-state index in [2.05, 4.69) is 10.6 Å². The molecule has 0 spiro atoms. The van der Waals surface area contributed by atoms with Gasteiger partial charge in [0, 0.05) is 17.7 Å². The molecular formula is C24H12Cl4F6N2O2. The lowest BCUT2D eigenvalue weighted by Gasteiger charge is -2.12. The molecule has 1 aliphatic carbocycles. The molecule has 1 saturated carbocycles. The fourth-order valence-electron chi connectivity index (χ4n) is 3.82. The van der Waals surface area contributed by atoms with E-state index < -0.39 is 67.8 Å². The van der Waals surface area contributed by atoms with Gasteiger partial charge in [-0.2, -0.15) is 13.2 Å². The van der Waals surface area contributed by atoms with Gasteiger partial charge in [-0.3, -0.25) is 9.59 Å². The normalized spacial score (nSPS) is 18.2. The highest BCUT2D eigenvalue weighted by Gasteiger charge is 2.68. The van der Waals surface area contributed by atoms with Crippen LogP contribution in [0.25, 0.3) is 0 Å². The van der Waals surface area contributed by atoms with Crippen molar-refractivity contribution in [1.82, 2.24) is 0 Å². The van der Waals surface area contributed by atoms with Crippen molar-refractivity contribution in [3.8, 4) is 0 Å². The SMILES string of the molecule is O=C(Nc1ccc(F)cc1F)c1cc(NC(=O)[C@H]2[C@@H](c3cc(C(F)(F)F)cc(Cl)c3F)C2(Cl)Cl)ccc1Cl. The minimum atomic E-state index is -4.85. The summed E-state index contributed by atoms with van der Waals surface area (Å²) >= 11 is 24.0. The molecular weight excluding hydrogens is 604 g/mol. The van der Waals surface area contributed by atoms with Crippen LogP contribution < -0.4 is 10.6 Å². The largest absolute Gasteiger partial charge is 0.416 e. The maximum absolute atomic E-state index is 14.6. The molecule has 0 aromatic heterocycles. The Labute approximate surface area is 230 Å². The number of hydrogen-bond acceptors (Lipinski definition) is 2. The third-order valence-corrected chi connectivity index (χ3v) is 7.26. The number of nitrogens with one attached hydrogen (secondary N) is 2. The highest BCUT2D eigenvalue weighted by Crippen LogP contribution is 2.66. The van der Waals surface area contributed by atoms with Gasteiger partial charge in [-0.15, -0.1) is 23.2 Å². The van der Waals surface area contributed by atoms with Crippen LogP contribution in [0.2, 0.25) is 10.0 Å². The summed E-state index contributed by atoms with van der Waals surface area (Å²) in [6.07, 6.45) is -4.85. The second-order valence-corrected chi connectivity index (χ2v) is 10.5. The summed E-state index contributed by atoms with van der Waals surface area (Å²) in [7, 11) is 0. The van der Waals surface area contributed by atoms with Crippen molar-refractivity contribution in [3.63, 3.8) is 0 Å². The predicted octanol–water partition coefficient (Wildman–Crippen LogP) is 8.21. The van der Waals surface area contributed by atoms with E-state index in [9.17, 15) is 35.9 Å². The van der Waals surface area contributed by atoms with Gasteiger partial charge in [-0.05, 0) is 48.0 Å². The number of alkyl halides is 5. The highest BCUT2D eigenvalue weighted by atomic mass is 35.5. The van der Waals surface area contributed by atoms with Gasteiger partial charge in [0.05, 0.1) is 32.8 Å². The lowest BCUT2D eigenvalue weighted by molar-refractivity contribution is -0.137. The van der Waals surface area contributed by atoms with Gasteiger partial charge in [0.15, 0.2) is 0 Å². The van der Waals surface area contributed by atoms with Crippen molar-refractivity contribution in [2.75, 3.05) is 10.6 Å². The number of amides is 2. The summed E-state index contributed by atoms with van der Waals surface area (Å²) < 4.78 is 79.3. The number of hydrogen-bond donors (Lipinski definition) is 2. The molecule has 200 valence electrons. The third-order valence-electron chi connectivity index (χ3n) is 5.71. The second kappa shape index (κ2) is 10.1. The van der Waals surface area contributed by atoms with Crippen molar-refractivity contribution < 1.29 is 35.9 Å². The minimum Gasteiger partial charge on any atom is -0.326 e. The van der Waals surface area contributed by atoms with Crippen molar-refractivity contribution >= 4 is 69.6 Å². The number of halogens is 10. The molecule has 3 aromatic carbocycles. The summed E-state index contributed by atoms with van der Waals surface area (Å²) in [6.45, 7) is 0. The maximum Gasteiger partial charge on any atom is 0.416 e. The van der Waals surface area contributed by atoms with Crippen molar-refractivity contribution in [2.24, 2.45) is 5.92 Å². The van der Waals surface area contributed by atoms with Gasteiger partial charge < -0.3 is 10.6 Å². The molecule has 0 bridgehead atoms. The summed E-state index contributed by atoms with van der Waals surface area (Å²) in [5.41, 5.74) is -2.40. The fourth-order valence-corrected chi connectivity index (χ4v) is 5.06. The van der Waals surface area contributed by atoms with Crippen LogP contribution in [0.1, 0.15) is 27.4 Å². The van der Waals surface area contributed by atoms with Crippen molar-refractivity contribution in [3.05, 3.63) is 92.7 Å². The average molecular weight is 616 g/mol. The number of carbonyl (C=O) groups excluding carboxylic acids is 2. The number of rotatable bonds is 5. The van der Waals surface area contributed by atoms with Crippen LogP contribution in [-0.2, 0) is 11.0 Å². The van der Waals surface area contributed by atoms with E-state index in [0.29, 0.717) is 18.2 Å². The van der Waals surface area contributed by atoms with E-state index in [1.54, 1.807) is 0 Å². The second-order valence-electron chi connectivity index (χ2n) is 8.25. The summed E-state index contributed by atoms with van der Waals surface area (Å²) in [5.74, 6) is -7.66. The van der Waals surface area contributed by atoms with Gasteiger partial charge in [-0.25, -0.2) is 13.2 Å². The van der Waals surface area contributed by atoms with Crippen molar-refractivity contribution in [2.45, 2.75) is 16.4 Å². The average Bonchev–Trinajstić information content (AvgIpc) is 3.39. The van der Waals surface area contributed by atoms with Crippen LogP contribution in [-0.4, -0.2) is 16.1 Å². The third kappa shape index (κ3) is 5.54. The topological polar surface area (TPSA) is 58.2 Å². The zero-order chi connectivity index (χ0) is 28.2. The van der Waals surface area contributed by atoms with Gasteiger partial charge in [0.2, 0.25) is 5.91 Å². The molecule has 2 N–H and O–H groups in total. The molecule has 3 aromatic rings. The Morgan fingerprint density at radius 1 is 0.868 bits per heavy atom. The predicted molar refractivity (Wildman–Crippen MR) is 131 cm³/mol. The van der Waals surface area contributed by atoms with Crippen LogP contribution in [0.5, 0.6) is 0 Å². The van der Waals surface area contributed by atoms with E-state index in [1.165, 1.54) is 12.1 Å². The van der Waals surface area contributed by atoms with E-state index in [1.807, 2.05) is 0 Å². The maximum atomic E-state index is 14.6. The minimum absolute atomic E-state index is 0.0125. The number of benzene rings is 3. The molecule has 0 radical (unpaired) electrons. The van der Waals surface area contributed by atoms with Gasteiger partial charge in [-0.1, -0.05) is 23.2 Å². The number of carbonyl (C=O) groups is 2. The molecule has 4 rings (SSSR count). The molecule has 0 aliphatic heterocycles. The summed E-state index contributed by atoms with van der Waals surface area (Å²) in [5, 5.41) is 3.70. The Morgan fingerprint density at radius 3 is 2.18 bits per heavy atom. The van der Waals surface area contributed by atoms with Crippen LogP contribution in [0.3, 0.4) is 0 Å². The summed E-state index contributed by atoms with van der Waals surface area (Å²) in [4.78, 5) is 25.5. The van der Waals surface area contributed by atoms with E-state index in [0.717, 1.165) is 18.2 Å². The first-order chi connectivity index (χ1) is 17.6. The zero-order valence-electron chi connectivity index (χ0n) is 18.4. The van der Waals surface area contributed by atoms with Gasteiger partial charge in [0.25, 0.3) is 5.91 Å². The first kappa shape index (κ1) is 28.4. The smallest absolute Gasteiger partial charge is 0.326 e. The Morgan fingerprint density at radius 2 is 1.55 bits per heavy atom. The Balaban J connectivity index is 1.56. The first-order valence-corrected chi connectivity index (χ1v) is 11.9. The molecule has 0 unspecified atom stereocenters. The molecule has 0 heterocycles. The van der Waals surface area contributed by atoms with E-state index in [4.69, 9.17) is 46.4 Å². The summed E-state index contributed by atoms with van der Waals surface area (Å²) in [6, 6.07) is 7.02. The molecule has 14 heteroatoms. The Bertz CT molecular complexity index is 1460. The van der Waals surface area contributed by atoms with Crippen LogP contribution >= 0.6 is 46.4 Å². The standard InChI is InChI=1S/C24H12Cl4F6N2O2/c25-14-3-2-11(8-12(14)21(37)36-17-4-1-10(29)7-16(17)30)35-22(38)19-18(23(19,27)28)13-5-9(24(32,33)34)6-15(26)20(13)31/h1-8,18-19H,(H,35,38)(H,36,37)/t18-,19-/m1/s1. The number of anilines is 2. The van der Waals surface area contributed by atoms with E-state index >= 15 is 0 Å². The Kier molecular flexibility index (Phi) is 7.57. The fraction of sp³-hybridized carbons (Fsp3) is 0.167. The van der Waals surface area contributed by atoms with Gasteiger partial charge in [0.1, 0.15) is 21.8 Å². The molecule has 1 fully saturated rings. The van der Waals surface area contributed by atoms with Crippen molar-refractivity contribution in [1.29, 1.82) is 0 Å². The first-order valence-electron chi connectivity index (χ1n) is 10.4. The lowest BCUT2D eigenvalue weighted by atomic mass is 10.0. The monoisotopic (exact) mass is 614 g/mol. The molecule has 0 saturated heterocycles. The Hall–Kier alpha value is -2.66. The van der Waals surface area contributed by atoms with Gasteiger partial charge >= 0.3 is 6.18 Å². The van der Waals surface area contributed by atoms with Crippen LogP contribution in [0.15, 0.2) is 48.5 Å². The molecule has 2 atom stereocenters. The molecule has 4 nitrogen and oxygen atoms in total. The van der Waals surface area contributed by atoms with Crippen LogP contribution in [0.4, 0.5) is 37.7 Å². The highest BCUT2D eigenvalue weighted by molar-refractivity contribution is 6.53. The molecule has 2 amide bonds. The molecule has 1 aliphatic rings.